The summed E-state index contributed by atoms with van der Waals surface area (Å²) in [6.45, 7) is 14.1. The summed E-state index contributed by atoms with van der Waals surface area (Å²) >= 11 is 0. The van der Waals surface area contributed by atoms with Crippen LogP contribution < -0.4 is 0 Å². The fourth-order valence-corrected chi connectivity index (χ4v) is 6.17. The first kappa shape index (κ1) is 52.5. The van der Waals surface area contributed by atoms with Gasteiger partial charge in [0.15, 0.2) is 0 Å². The van der Waals surface area contributed by atoms with Gasteiger partial charge in [-0.25, -0.2) is 0 Å². The molecule has 2 aliphatic rings. The predicted octanol–water partition coefficient (Wildman–Crippen LogP) is 1.51. The highest BCUT2D eigenvalue weighted by Gasteiger charge is 2.26. The topological polar surface area (TPSA) is 157 Å². The average Bonchev–Trinajstić information content (AvgIpc) is 3.21. The van der Waals surface area contributed by atoms with Gasteiger partial charge in [0.25, 0.3) is 0 Å². The van der Waals surface area contributed by atoms with Gasteiger partial charge in [0, 0.05) is 63.9 Å². The van der Waals surface area contributed by atoms with Gasteiger partial charge in [-0.05, 0) is 0 Å². The van der Waals surface area contributed by atoms with Crippen LogP contribution in [0.3, 0.4) is 0 Å². The van der Waals surface area contributed by atoms with Crippen molar-refractivity contribution >= 4 is 0 Å². The van der Waals surface area contributed by atoms with Crippen molar-refractivity contribution in [2.45, 2.75) is 0 Å². The number of ether oxygens (including phenoxy) is 17. The molecule has 0 bridgehead atoms. The van der Waals surface area contributed by atoms with Crippen LogP contribution in [0, 0.1) is 35.5 Å². The molecule has 2 fully saturated rings. The third-order valence-electron chi connectivity index (χ3n) is 9.54. The van der Waals surface area contributed by atoms with Crippen LogP contribution >= 0.6 is 0 Å². The summed E-state index contributed by atoms with van der Waals surface area (Å²) in [5.74, 6) is 0.410. The molecule has 6 unspecified atom stereocenters. The molecule has 0 aromatic heterocycles. The zero-order valence-electron chi connectivity index (χ0n) is 35.6. The Labute approximate surface area is 342 Å². The quantitative estimate of drug-likeness (QED) is 0.276. The van der Waals surface area contributed by atoms with Gasteiger partial charge in [0.2, 0.25) is 0 Å². The zero-order chi connectivity index (χ0) is 40.7. The Morgan fingerprint density at radius 2 is 0.526 bits per heavy atom. The molecular weight excluding hydrogens is 752 g/mol. The van der Waals surface area contributed by atoms with E-state index < -0.39 is 0 Å². The summed E-state index contributed by atoms with van der Waals surface area (Å²) < 4.78 is 99.2. The van der Waals surface area contributed by atoms with Crippen LogP contribution in [0.4, 0.5) is 0 Å². The van der Waals surface area contributed by atoms with Crippen molar-refractivity contribution < 1.29 is 80.5 Å². The molecule has 2 aliphatic heterocycles. The first-order valence-electron chi connectivity index (χ1n) is 20.7. The van der Waals surface area contributed by atoms with E-state index in [-0.39, 0.29) is 35.5 Å². The van der Waals surface area contributed by atoms with E-state index in [4.69, 9.17) is 80.5 Å². The van der Waals surface area contributed by atoms with Crippen LogP contribution in [0.15, 0.2) is 0 Å². The minimum Gasteiger partial charge on any atom is -0.384 e. The number of hydrogen-bond donors (Lipinski definition) is 0. The molecule has 0 N–H and O–H groups in total. The molecule has 2 rings (SSSR count). The molecule has 340 valence electrons. The van der Waals surface area contributed by atoms with Crippen LogP contribution in [-0.2, 0) is 80.5 Å². The van der Waals surface area contributed by atoms with Crippen molar-refractivity contribution in [1.82, 2.24) is 0 Å². The van der Waals surface area contributed by atoms with Gasteiger partial charge < -0.3 is 80.5 Å². The lowest BCUT2D eigenvalue weighted by molar-refractivity contribution is -0.0750. The van der Waals surface area contributed by atoms with Crippen LogP contribution in [0.25, 0.3) is 0 Å². The van der Waals surface area contributed by atoms with Gasteiger partial charge in [0.05, 0.1) is 198 Å². The summed E-state index contributed by atoms with van der Waals surface area (Å²) in [6.07, 6.45) is 0. The molecule has 0 radical (unpaired) electrons. The van der Waals surface area contributed by atoms with E-state index in [1.807, 2.05) is 0 Å². The Balaban J connectivity index is 1.96. The fraction of sp³-hybridized carbons (Fsp3) is 1.00. The third-order valence-corrected chi connectivity index (χ3v) is 9.54. The van der Waals surface area contributed by atoms with E-state index in [0.717, 1.165) is 0 Å². The number of methoxy groups -OCH3 is 4. The molecule has 2 saturated heterocycles. The van der Waals surface area contributed by atoms with E-state index >= 15 is 0 Å². The Morgan fingerprint density at radius 1 is 0.281 bits per heavy atom. The molecule has 0 saturated carbocycles. The SMILES string of the molecule is COCCOCC1COCCOCCOCC2COCCOCCOCC(COC)C(COC)COCCOCCOCC2COCCOCCOCC1COC. The van der Waals surface area contributed by atoms with Crippen molar-refractivity contribution in [2.75, 3.05) is 227 Å². The van der Waals surface area contributed by atoms with Crippen molar-refractivity contribution in [1.29, 1.82) is 0 Å². The maximum Gasteiger partial charge on any atom is 0.0701 e. The lowest BCUT2D eigenvalue weighted by Gasteiger charge is -2.27. The molecule has 17 heteroatoms. The van der Waals surface area contributed by atoms with E-state index in [0.29, 0.717) is 198 Å². The van der Waals surface area contributed by atoms with Crippen LogP contribution in [0.5, 0.6) is 0 Å². The maximum atomic E-state index is 6.13. The fourth-order valence-electron chi connectivity index (χ4n) is 6.17. The highest BCUT2D eigenvalue weighted by molar-refractivity contribution is 4.72. The predicted molar refractivity (Wildman–Crippen MR) is 209 cm³/mol. The lowest BCUT2D eigenvalue weighted by Crippen LogP contribution is -2.34. The minimum atomic E-state index is -0.00290. The maximum absolute atomic E-state index is 6.13. The standard InChI is InChI=1S/C40H78O17/c1-41-5-6-49-29-38-30-53-18-10-48-14-22-57-34-40-32-55-20-12-46-8-16-51-27-36(24-43-3)35(23-42-2)26-50-15-7-45-11-19-54-31-39(40)33-56-21-13-47-9-17-52-28-37(38)25-44-4/h35-40H,5-34H2,1-4H3. The van der Waals surface area contributed by atoms with Crippen molar-refractivity contribution in [3.63, 3.8) is 0 Å². The third kappa shape index (κ3) is 28.5. The van der Waals surface area contributed by atoms with Crippen LogP contribution in [0.1, 0.15) is 0 Å². The molecule has 0 amide bonds. The second-order valence-electron chi connectivity index (χ2n) is 14.0. The number of fused-ring (bicyclic) bond motifs is 1. The van der Waals surface area contributed by atoms with Crippen molar-refractivity contribution in [3.8, 4) is 0 Å². The van der Waals surface area contributed by atoms with Gasteiger partial charge in [-0.15, -0.1) is 0 Å². The summed E-state index contributed by atoms with van der Waals surface area (Å²) in [5.41, 5.74) is 0. The van der Waals surface area contributed by atoms with Crippen molar-refractivity contribution in [2.24, 2.45) is 35.5 Å². The zero-order valence-corrected chi connectivity index (χ0v) is 35.6. The summed E-state index contributed by atoms with van der Waals surface area (Å²) in [7, 11) is 6.73. The van der Waals surface area contributed by atoms with Gasteiger partial charge in [0.1, 0.15) is 0 Å². The lowest BCUT2D eigenvalue weighted by atomic mass is 9.95. The first-order valence-corrected chi connectivity index (χ1v) is 20.7. The number of rotatable bonds is 11. The van der Waals surface area contributed by atoms with Crippen molar-refractivity contribution in [3.05, 3.63) is 0 Å². The Hall–Kier alpha value is -0.680. The molecule has 17 nitrogen and oxygen atoms in total. The monoisotopic (exact) mass is 831 g/mol. The summed E-state index contributed by atoms with van der Waals surface area (Å²) in [4.78, 5) is 0. The van der Waals surface area contributed by atoms with Gasteiger partial charge in [-0.1, -0.05) is 0 Å². The normalized spacial score (nSPS) is 29.1. The Kier molecular flexibility index (Phi) is 36.3. The Morgan fingerprint density at radius 3 is 0.789 bits per heavy atom. The molecule has 0 aliphatic carbocycles. The molecule has 6 atom stereocenters. The molecule has 0 spiro atoms. The van der Waals surface area contributed by atoms with Gasteiger partial charge in [-0.3, -0.25) is 0 Å². The van der Waals surface area contributed by atoms with E-state index in [2.05, 4.69) is 0 Å². The summed E-state index contributed by atoms with van der Waals surface area (Å²) in [5, 5.41) is 0. The average molecular weight is 831 g/mol. The largest absolute Gasteiger partial charge is 0.384 e. The minimum absolute atomic E-state index is 0.00192. The molecule has 0 aromatic carbocycles. The molecule has 0 aromatic rings. The van der Waals surface area contributed by atoms with Gasteiger partial charge in [-0.2, -0.15) is 0 Å². The van der Waals surface area contributed by atoms with E-state index in [9.17, 15) is 0 Å². The highest BCUT2D eigenvalue weighted by Crippen LogP contribution is 2.18. The molecule has 57 heavy (non-hydrogen) atoms. The van der Waals surface area contributed by atoms with Gasteiger partial charge >= 0.3 is 0 Å². The second-order valence-corrected chi connectivity index (χ2v) is 14.0. The second kappa shape index (κ2) is 39.5. The Bertz CT molecular complexity index is 833. The van der Waals surface area contributed by atoms with E-state index in [1.165, 1.54) is 0 Å². The first-order chi connectivity index (χ1) is 28.2. The summed E-state index contributed by atoms with van der Waals surface area (Å²) in [6, 6.07) is 0. The van der Waals surface area contributed by atoms with Crippen LogP contribution in [-0.4, -0.2) is 227 Å². The van der Waals surface area contributed by atoms with E-state index in [1.54, 1.807) is 28.4 Å². The number of hydrogen-bond acceptors (Lipinski definition) is 17. The molecular formula is C40H78O17. The highest BCUT2D eigenvalue weighted by atomic mass is 16.6. The molecule has 2 heterocycles. The smallest absolute Gasteiger partial charge is 0.0701 e. The van der Waals surface area contributed by atoms with Crippen LogP contribution in [0.2, 0.25) is 0 Å².